The van der Waals surface area contributed by atoms with Crippen molar-refractivity contribution in [1.82, 2.24) is 20.1 Å². The zero-order chi connectivity index (χ0) is 11.4. The van der Waals surface area contributed by atoms with Crippen LogP contribution in [0.4, 0.5) is 0 Å². The molecule has 1 atom stereocenters. The van der Waals surface area contributed by atoms with Crippen molar-refractivity contribution in [3.05, 3.63) is 24.5 Å². The van der Waals surface area contributed by atoms with Crippen molar-refractivity contribution in [2.45, 2.75) is 19.3 Å². The van der Waals surface area contributed by atoms with Gasteiger partial charge in [-0.3, -0.25) is 0 Å². The van der Waals surface area contributed by atoms with Crippen LogP contribution in [0.5, 0.6) is 0 Å². The first-order valence-corrected chi connectivity index (χ1v) is 5.15. The molecule has 0 aliphatic carbocycles. The Morgan fingerprint density at radius 2 is 2.38 bits per heavy atom. The van der Waals surface area contributed by atoms with Gasteiger partial charge in [-0.25, -0.2) is 9.97 Å². The third kappa shape index (κ3) is 2.06. The van der Waals surface area contributed by atoms with Crippen molar-refractivity contribution >= 4 is 0 Å². The molecule has 0 spiro atoms. The Kier molecular flexibility index (Phi) is 3.21. The summed E-state index contributed by atoms with van der Waals surface area (Å²) in [6.07, 6.45) is 3.96. The fraction of sp³-hybridized carbons (Fsp3) is 0.400. The molecular formula is C10H13N5O. The van der Waals surface area contributed by atoms with E-state index in [-0.39, 0.29) is 5.92 Å². The summed E-state index contributed by atoms with van der Waals surface area (Å²) in [4.78, 5) is 12.1. The minimum absolute atomic E-state index is 0.114. The molecule has 0 aliphatic heterocycles. The Morgan fingerprint density at radius 3 is 3.00 bits per heavy atom. The maximum atomic E-state index is 5.61. The lowest BCUT2D eigenvalue weighted by molar-refractivity contribution is 0.351. The van der Waals surface area contributed by atoms with Gasteiger partial charge in [0.05, 0.1) is 5.92 Å². The third-order valence-electron chi connectivity index (χ3n) is 2.38. The average molecular weight is 219 g/mol. The number of aromatic nitrogens is 4. The molecule has 0 saturated heterocycles. The zero-order valence-electron chi connectivity index (χ0n) is 9.00. The van der Waals surface area contributed by atoms with Gasteiger partial charge < -0.3 is 10.3 Å². The van der Waals surface area contributed by atoms with Crippen molar-refractivity contribution in [3.63, 3.8) is 0 Å². The quantitative estimate of drug-likeness (QED) is 0.824. The molecule has 6 heteroatoms. The van der Waals surface area contributed by atoms with Crippen LogP contribution in [0.2, 0.25) is 0 Å². The van der Waals surface area contributed by atoms with E-state index < -0.39 is 0 Å². The smallest absolute Gasteiger partial charge is 0.231 e. The maximum absolute atomic E-state index is 5.61. The maximum Gasteiger partial charge on any atom is 0.231 e. The summed E-state index contributed by atoms with van der Waals surface area (Å²) in [5.74, 6) is 1.16. The van der Waals surface area contributed by atoms with E-state index in [9.17, 15) is 0 Å². The number of nitrogens with two attached hydrogens (primary N) is 1. The zero-order valence-corrected chi connectivity index (χ0v) is 9.00. The van der Waals surface area contributed by atoms with Gasteiger partial charge in [0.1, 0.15) is 12.0 Å². The first-order valence-electron chi connectivity index (χ1n) is 5.15. The first-order chi connectivity index (χ1) is 7.85. The van der Waals surface area contributed by atoms with Gasteiger partial charge >= 0.3 is 0 Å². The molecule has 0 radical (unpaired) electrons. The molecule has 0 saturated carbocycles. The van der Waals surface area contributed by atoms with Gasteiger partial charge in [0.15, 0.2) is 0 Å². The molecule has 84 valence electrons. The van der Waals surface area contributed by atoms with Gasteiger partial charge in [-0.2, -0.15) is 4.98 Å². The van der Waals surface area contributed by atoms with Crippen molar-refractivity contribution < 1.29 is 4.52 Å². The Balaban J connectivity index is 2.26. The molecule has 2 N–H and O–H groups in total. The molecule has 2 rings (SSSR count). The largest absolute Gasteiger partial charge is 0.339 e. The molecule has 6 nitrogen and oxygen atoms in total. The van der Waals surface area contributed by atoms with Crippen LogP contribution in [0, 0.1) is 0 Å². The van der Waals surface area contributed by atoms with E-state index in [2.05, 4.69) is 20.1 Å². The van der Waals surface area contributed by atoms with E-state index >= 15 is 0 Å². The van der Waals surface area contributed by atoms with E-state index in [4.69, 9.17) is 10.3 Å². The third-order valence-corrected chi connectivity index (χ3v) is 2.38. The molecule has 0 bridgehead atoms. The van der Waals surface area contributed by atoms with Gasteiger partial charge in [-0.1, -0.05) is 12.1 Å². The monoisotopic (exact) mass is 219 g/mol. The fourth-order valence-electron chi connectivity index (χ4n) is 1.37. The summed E-state index contributed by atoms with van der Waals surface area (Å²) < 4.78 is 5.16. The molecule has 0 aromatic carbocycles. The predicted octanol–water partition coefficient (Wildman–Crippen LogP) is 0.979. The molecule has 0 aliphatic rings. The van der Waals surface area contributed by atoms with Gasteiger partial charge in [0.25, 0.3) is 0 Å². The second-order valence-electron chi connectivity index (χ2n) is 3.39. The normalized spacial score (nSPS) is 12.6. The summed E-state index contributed by atoms with van der Waals surface area (Å²) in [5, 5.41) is 3.87. The number of nitrogens with zero attached hydrogens (tertiary/aromatic N) is 4. The van der Waals surface area contributed by atoms with Gasteiger partial charge in [0, 0.05) is 12.7 Å². The molecular weight excluding hydrogens is 206 g/mol. The van der Waals surface area contributed by atoms with E-state index in [1.54, 1.807) is 12.3 Å². The van der Waals surface area contributed by atoms with Gasteiger partial charge in [0.2, 0.25) is 11.7 Å². The molecule has 0 amide bonds. The fourth-order valence-corrected chi connectivity index (χ4v) is 1.37. The van der Waals surface area contributed by atoms with Crippen LogP contribution in [0.3, 0.4) is 0 Å². The molecule has 2 heterocycles. The van der Waals surface area contributed by atoms with Crippen molar-refractivity contribution in [2.75, 3.05) is 6.54 Å². The molecule has 0 fully saturated rings. The minimum Gasteiger partial charge on any atom is -0.339 e. The first kappa shape index (κ1) is 10.7. The highest BCUT2D eigenvalue weighted by Gasteiger charge is 2.16. The lowest BCUT2D eigenvalue weighted by atomic mass is 10.1. The summed E-state index contributed by atoms with van der Waals surface area (Å²) in [6.45, 7) is 2.54. The second kappa shape index (κ2) is 4.80. The molecule has 16 heavy (non-hydrogen) atoms. The van der Waals surface area contributed by atoms with E-state index in [0.29, 0.717) is 24.0 Å². The van der Waals surface area contributed by atoms with Crippen LogP contribution in [-0.2, 0) is 0 Å². The van der Waals surface area contributed by atoms with Crippen LogP contribution < -0.4 is 5.73 Å². The predicted molar refractivity (Wildman–Crippen MR) is 57.4 cm³/mol. The second-order valence-corrected chi connectivity index (χ2v) is 3.39. The van der Waals surface area contributed by atoms with E-state index in [1.165, 1.54) is 6.33 Å². The number of rotatable bonds is 4. The van der Waals surface area contributed by atoms with Crippen molar-refractivity contribution in [3.8, 4) is 11.5 Å². The molecule has 2 aromatic heterocycles. The summed E-state index contributed by atoms with van der Waals surface area (Å²) in [7, 11) is 0. The summed E-state index contributed by atoms with van der Waals surface area (Å²) >= 11 is 0. The van der Waals surface area contributed by atoms with Gasteiger partial charge in [-0.05, 0) is 12.5 Å². The van der Waals surface area contributed by atoms with Crippen molar-refractivity contribution in [2.24, 2.45) is 5.73 Å². The topological polar surface area (TPSA) is 90.7 Å². The highest BCUT2D eigenvalue weighted by atomic mass is 16.5. The van der Waals surface area contributed by atoms with E-state index in [1.807, 2.05) is 6.92 Å². The molecule has 1 unspecified atom stereocenters. The lowest BCUT2D eigenvalue weighted by Crippen LogP contribution is -2.11. The summed E-state index contributed by atoms with van der Waals surface area (Å²) in [5.41, 5.74) is 6.26. The van der Waals surface area contributed by atoms with Crippen LogP contribution in [0.1, 0.15) is 25.2 Å². The van der Waals surface area contributed by atoms with Crippen LogP contribution in [0.25, 0.3) is 11.5 Å². The average Bonchev–Trinajstić information content (AvgIpc) is 2.81. The minimum atomic E-state index is 0.114. The van der Waals surface area contributed by atoms with Gasteiger partial charge in [-0.15, -0.1) is 0 Å². The Hall–Kier alpha value is -1.82. The Morgan fingerprint density at radius 1 is 1.50 bits per heavy atom. The summed E-state index contributed by atoms with van der Waals surface area (Å²) in [6, 6.07) is 1.73. The van der Waals surface area contributed by atoms with Crippen LogP contribution >= 0.6 is 0 Å². The Bertz CT molecular complexity index is 437. The molecule has 2 aromatic rings. The highest BCUT2D eigenvalue weighted by Crippen LogP contribution is 2.19. The van der Waals surface area contributed by atoms with E-state index in [0.717, 1.165) is 6.42 Å². The Labute approximate surface area is 92.9 Å². The number of hydrogen-bond acceptors (Lipinski definition) is 6. The SMILES string of the molecule is CCC(CN)c1nc(-c2ccncn2)no1. The highest BCUT2D eigenvalue weighted by molar-refractivity contribution is 5.46. The van der Waals surface area contributed by atoms with Crippen LogP contribution in [0.15, 0.2) is 23.1 Å². The standard InChI is InChI=1S/C10H13N5O/c1-2-7(5-11)10-14-9(15-16-10)8-3-4-12-6-13-8/h3-4,6-7H,2,5,11H2,1H3. The lowest BCUT2D eigenvalue weighted by Gasteiger charge is -2.04. The van der Waals surface area contributed by atoms with Crippen molar-refractivity contribution in [1.29, 1.82) is 0 Å². The van der Waals surface area contributed by atoms with Crippen LogP contribution in [-0.4, -0.2) is 26.7 Å². The number of hydrogen-bond donors (Lipinski definition) is 1.